The first kappa shape index (κ1) is 10.9. The molecule has 0 aliphatic carbocycles. The Morgan fingerprint density at radius 1 is 1.57 bits per heavy atom. The number of halogens is 1. The summed E-state index contributed by atoms with van der Waals surface area (Å²) < 4.78 is 0. The molecule has 0 saturated heterocycles. The molecule has 0 unspecified atom stereocenters. The minimum absolute atomic E-state index is 0.354. The Morgan fingerprint density at radius 2 is 2.36 bits per heavy atom. The van der Waals surface area contributed by atoms with E-state index >= 15 is 0 Å². The van der Waals surface area contributed by atoms with Gasteiger partial charge in [-0.3, -0.25) is 0 Å². The van der Waals surface area contributed by atoms with Gasteiger partial charge in [0.1, 0.15) is 0 Å². The molecule has 0 fully saturated rings. The molecule has 76 valence electrons. The van der Waals surface area contributed by atoms with Crippen LogP contribution in [0.2, 0.25) is 5.15 Å². The van der Waals surface area contributed by atoms with Crippen molar-refractivity contribution in [1.82, 2.24) is 15.5 Å². The van der Waals surface area contributed by atoms with E-state index < -0.39 is 0 Å². The van der Waals surface area contributed by atoms with Gasteiger partial charge in [-0.1, -0.05) is 23.8 Å². The number of nitrogens with two attached hydrogens (primary N) is 1. The molecule has 0 bridgehead atoms. The lowest BCUT2D eigenvalue weighted by molar-refractivity contribution is 0.809. The molecular formula is C9H13ClN4. The third-order valence-electron chi connectivity index (χ3n) is 1.68. The second-order valence-corrected chi connectivity index (χ2v) is 3.19. The van der Waals surface area contributed by atoms with Gasteiger partial charge < -0.3 is 11.1 Å². The number of nitrogen functional groups attached to an aromatic ring is 1. The molecule has 0 atom stereocenters. The van der Waals surface area contributed by atoms with Crippen molar-refractivity contribution in [2.24, 2.45) is 0 Å². The molecule has 0 saturated carbocycles. The molecule has 0 amide bonds. The van der Waals surface area contributed by atoms with Gasteiger partial charge in [-0.2, -0.15) is 0 Å². The molecule has 0 aliphatic heterocycles. The zero-order valence-corrected chi connectivity index (χ0v) is 8.75. The van der Waals surface area contributed by atoms with Crippen LogP contribution in [0.4, 0.5) is 5.82 Å². The minimum atomic E-state index is 0.354. The molecule has 0 aromatic carbocycles. The summed E-state index contributed by atoms with van der Waals surface area (Å²) in [5.74, 6) is 0.398. The van der Waals surface area contributed by atoms with E-state index in [-0.39, 0.29) is 0 Å². The summed E-state index contributed by atoms with van der Waals surface area (Å²) >= 11 is 5.68. The maximum absolute atomic E-state index is 5.68. The summed E-state index contributed by atoms with van der Waals surface area (Å²) in [6, 6.07) is 1.69. The van der Waals surface area contributed by atoms with Crippen LogP contribution >= 0.6 is 11.6 Å². The fraction of sp³-hybridized carbons (Fsp3) is 0.333. The van der Waals surface area contributed by atoms with E-state index in [1.165, 1.54) is 0 Å². The average Bonchev–Trinajstić information content (AvgIpc) is 2.18. The summed E-state index contributed by atoms with van der Waals surface area (Å²) in [5.41, 5.74) is 6.41. The van der Waals surface area contributed by atoms with Crippen LogP contribution in [0.3, 0.4) is 0 Å². The molecule has 1 rings (SSSR count). The maximum atomic E-state index is 5.68. The number of nitrogens with one attached hydrogen (secondary N) is 1. The summed E-state index contributed by atoms with van der Waals surface area (Å²) in [4.78, 5) is 0. The van der Waals surface area contributed by atoms with Crippen molar-refractivity contribution in [3.8, 4) is 0 Å². The summed E-state index contributed by atoms with van der Waals surface area (Å²) in [7, 11) is 1.91. The standard InChI is InChI=1S/C9H13ClN4/c1-12-5-3-2-4-7-6-8(10)13-14-9(7)11/h2,4,6,12H,3,5H2,1H3,(H2,11,14). The summed E-state index contributed by atoms with van der Waals surface area (Å²) in [5, 5.41) is 10.7. The van der Waals surface area contributed by atoms with Gasteiger partial charge in [-0.15, -0.1) is 10.2 Å². The molecule has 0 spiro atoms. The average molecular weight is 213 g/mol. The highest BCUT2D eigenvalue weighted by Crippen LogP contribution is 2.13. The lowest BCUT2D eigenvalue weighted by Crippen LogP contribution is -2.05. The quantitative estimate of drug-likeness (QED) is 0.740. The van der Waals surface area contributed by atoms with Crippen molar-refractivity contribution >= 4 is 23.5 Å². The predicted molar refractivity (Wildman–Crippen MR) is 59.0 cm³/mol. The fourth-order valence-electron chi connectivity index (χ4n) is 0.962. The Bertz CT molecular complexity index is 325. The van der Waals surface area contributed by atoms with E-state index in [4.69, 9.17) is 17.3 Å². The molecule has 3 N–H and O–H groups in total. The Labute approximate surface area is 88.2 Å². The Balaban J connectivity index is 2.65. The number of aromatic nitrogens is 2. The topological polar surface area (TPSA) is 63.8 Å². The first-order chi connectivity index (χ1) is 6.74. The van der Waals surface area contributed by atoms with E-state index in [0.29, 0.717) is 11.0 Å². The Kier molecular flexibility index (Phi) is 4.35. The lowest BCUT2D eigenvalue weighted by atomic mass is 10.2. The second-order valence-electron chi connectivity index (χ2n) is 2.80. The molecule has 5 heteroatoms. The molecule has 4 nitrogen and oxygen atoms in total. The van der Waals surface area contributed by atoms with Crippen molar-refractivity contribution in [2.75, 3.05) is 19.3 Å². The zero-order chi connectivity index (χ0) is 10.4. The van der Waals surface area contributed by atoms with Crippen LogP contribution in [0, 0.1) is 0 Å². The number of hydrogen-bond acceptors (Lipinski definition) is 4. The van der Waals surface area contributed by atoms with Crippen LogP contribution in [-0.4, -0.2) is 23.8 Å². The number of nitrogens with zero attached hydrogens (tertiary/aromatic N) is 2. The smallest absolute Gasteiger partial charge is 0.153 e. The second kappa shape index (κ2) is 5.57. The molecular weight excluding hydrogens is 200 g/mol. The largest absolute Gasteiger partial charge is 0.382 e. The highest BCUT2D eigenvalue weighted by atomic mass is 35.5. The van der Waals surface area contributed by atoms with Gasteiger partial charge >= 0.3 is 0 Å². The number of hydrogen-bond donors (Lipinski definition) is 2. The number of anilines is 1. The molecule has 1 heterocycles. The van der Waals surface area contributed by atoms with Crippen molar-refractivity contribution in [2.45, 2.75) is 6.42 Å². The highest BCUT2D eigenvalue weighted by molar-refractivity contribution is 6.29. The molecule has 1 aromatic heterocycles. The van der Waals surface area contributed by atoms with Crippen LogP contribution in [-0.2, 0) is 0 Å². The van der Waals surface area contributed by atoms with Crippen molar-refractivity contribution in [3.63, 3.8) is 0 Å². The molecule has 14 heavy (non-hydrogen) atoms. The lowest BCUT2D eigenvalue weighted by Gasteiger charge is -1.98. The first-order valence-electron chi connectivity index (χ1n) is 4.34. The van der Waals surface area contributed by atoms with E-state index in [2.05, 4.69) is 15.5 Å². The van der Waals surface area contributed by atoms with Crippen LogP contribution in [0.25, 0.3) is 6.08 Å². The van der Waals surface area contributed by atoms with Gasteiger partial charge in [-0.05, 0) is 26.1 Å². The zero-order valence-electron chi connectivity index (χ0n) is 8.00. The van der Waals surface area contributed by atoms with Crippen LogP contribution in [0.5, 0.6) is 0 Å². The van der Waals surface area contributed by atoms with Crippen molar-refractivity contribution < 1.29 is 0 Å². The minimum Gasteiger partial charge on any atom is -0.382 e. The predicted octanol–water partition coefficient (Wildman–Crippen LogP) is 1.33. The van der Waals surface area contributed by atoms with E-state index in [0.717, 1.165) is 18.5 Å². The highest BCUT2D eigenvalue weighted by Gasteiger charge is 1.98. The van der Waals surface area contributed by atoms with Crippen molar-refractivity contribution in [1.29, 1.82) is 0 Å². The monoisotopic (exact) mass is 212 g/mol. The molecule has 0 radical (unpaired) electrons. The summed E-state index contributed by atoms with van der Waals surface area (Å²) in [6.07, 6.45) is 4.85. The Hall–Kier alpha value is -1.13. The normalized spacial score (nSPS) is 11.0. The van der Waals surface area contributed by atoms with Crippen LogP contribution < -0.4 is 11.1 Å². The number of rotatable bonds is 4. The van der Waals surface area contributed by atoms with Gasteiger partial charge in [0.15, 0.2) is 11.0 Å². The van der Waals surface area contributed by atoms with Gasteiger partial charge in [0.25, 0.3) is 0 Å². The first-order valence-corrected chi connectivity index (χ1v) is 4.71. The van der Waals surface area contributed by atoms with Gasteiger partial charge in [0.2, 0.25) is 0 Å². The van der Waals surface area contributed by atoms with E-state index in [1.807, 2.05) is 19.2 Å². The van der Waals surface area contributed by atoms with Gasteiger partial charge in [0, 0.05) is 5.56 Å². The van der Waals surface area contributed by atoms with Gasteiger partial charge in [0.05, 0.1) is 0 Å². The van der Waals surface area contributed by atoms with E-state index in [9.17, 15) is 0 Å². The van der Waals surface area contributed by atoms with Crippen LogP contribution in [0.1, 0.15) is 12.0 Å². The Morgan fingerprint density at radius 3 is 3.07 bits per heavy atom. The van der Waals surface area contributed by atoms with Crippen molar-refractivity contribution in [3.05, 3.63) is 22.9 Å². The van der Waals surface area contributed by atoms with Crippen LogP contribution in [0.15, 0.2) is 12.1 Å². The fourth-order valence-corrected chi connectivity index (χ4v) is 1.12. The molecule has 0 aliphatic rings. The third kappa shape index (κ3) is 3.32. The van der Waals surface area contributed by atoms with Gasteiger partial charge in [-0.25, -0.2) is 0 Å². The third-order valence-corrected chi connectivity index (χ3v) is 1.87. The maximum Gasteiger partial charge on any atom is 0.153 e. The molecule has 1 aromatic rings. The van der Waals surface area contributed by atoms with E-state index in [1.54, 1.807) is 6.07 Å². The summed E-state index contributed by atoms with van der Waals surface area (Å²) in [6.45, 7) is 0.933. The SMILES string of the molecule is CNCCC=Cc1cc(Cl)nnc1N.